The third-order valence-corrected chi connectivity index (χ3v) is 13.7. The summed E-state index contributed by atoms with van der Waals surface area (Å²) in [5.74, 6) is 0.977. The molecule has 5 aromatic heterocycles. The van der Waals surface area contributed by atoms with Crippen LogP contribution in [0.1, 0.15) is 55.8 Å². The molecule has 14 aromatic rings. The van der Waals surface area contributed by atoms with Crippen molar-refractivity contribution in [1.29, 1.82) is 0 Å². The molecule has 0 aliphatic carbocycles. The van der Waals surface area contributed by atoms with Crippen LogP contribution < -0.4 is 0 Å². The zero-order valence-electron chi connectivity index (χ0n) is 44.7. The first-order valence-corrected chi connectivity index (χ1v) is 25.7. The minimum atomic E-state index is 0.977. The molecule has 0 amide bonds. The number of aromatic nitrogens is 4. The van der Waals surface area contributed by atoms with Gasteiger partial charge < -0.3 is 4.42 Å². The Balaban J connectivity index is 0.000000108. The Kier molecular flexibility index (Phi) is 14.2. The molecule has 0 spiro atoms. The lowest BCUT2D eigenvalue weighted by Gasteiger charge is -2.07. The minimum absolute atomic E-state index is 0.977. The van der Waals surface area contributed by atoms with E-state index in [2.05, 4.69) is 254 Å². The second-order valence-electron chi connectivity index (χ2n) is 20.3. The molecule has 0 bridgehead atoms. The van der Waals surface area contributed by atoms with Gasteiger partial charge in [-0.1, -0.05) is 113 Å². The molecule has 9 aromatic carbocycles. The summed E-state index contributed by atoms with van der Waals surface area (Å²) < 4.78 is 5.42. The highest BCUT2D eigenvalue weighted by Gasteiger charge is 2.06. The van der Waals surface area contributed by atoms with Crippen LogP contribution in [-0.4, -0.2) is 19.9 Å². The second kappa shape index (κ2) is 21.3. The van der Waals surface area contributed by atoms with Gasteiger partial charge in [0.2, 0.25) is 0 Å². The fraction of sp³-hybridized carbons (Fsp3) is 0.143. The van der Waals surface area contributed by atoms with Crippen molar-refractivity contribution in [2.45, 2.75) is 69.2 Å². The number of aryl methyl sites for hydroxylation is 10. The first-order valence-electron chi connectivity index (χ1n) is 25.7. The smallest absolute Gasteiger partial charge is 0.134 e. The third-order valence-electron chi connectivity index (χ3n) is 13.7. The first-order chi connectivity index (χ1) is 36.2. The van der Waals surface area contributed by atoms with Crippen molar-refractivity contribution in [3.8, 4) is 0 Å². The zero-order chi connectivity index (χ0) is 52.3. The maximum Gasteiger partial charge on any atom is 0.134 e. The third kappa shape index (κ3) is 11.5. The van der Waals surface area contributed by atoms with Crippen LogP contribution in [0.2, 0.25) is 0 Å². The van der Waals surface area contributed by atoms with Gasteiger partial charge in [-0.15, -0.1) is 0 Å². The predicted molar refractivity (Wildman–Crippen MR) is 321 cm³/mol. The lowest BCUT2D eigenvalue weighted by molar-refractivity contribution is 0.578. The molecule has 0 N–H and O–H groups in total. The van der Waals surface area contributed by atoms with Gasteiger partial charge in [0.05, 0.1) is 44.1 Å². The van der Waals surface area contributed by atoms with E-state index in [1.165, 1.54) is 98.5 Å². The lowest BCUT2D eigenvalue weighted by atomic mass is 10.0. The number of nitrogens with zero attached hydrogens (tertiary/aromatic N) is 4. The van der Waals surface area contributed by atoms with Gasteiger partial charge in [-0.05, 0) is 200 Å². The zero-order valence-corrected chi connectivity index (χ0v) is 44.7. The Hall–Kier alpha value is -8.80. The van der Waals surface area contributed by atoms with E-state index in [0.29, 0.717) is 0 Å². The molecule has 0 radical (unpaired) electrons. The molecule has 0 aliphatic heterocycles. The number of fused-ring (bicyclic) bond motifs is 9. The van der Waals surface area contributed by atoms with Gasteiger partial charge in [-0.3, -0.25) is 0 Å². The number of hydrogen-bond acceptors (Lipinski definition) is 5. The highest BCUT2D eigenvalue weighted by Crippen LogP contribution is 2.27. The molecule has 5 nitrogen and oxygen atoms in total. The fourth-order valence-electron chi connectivity index (χ4n) is 9.69. The Bertz CT molecular complexity index is 4130. The van der Waals surface area contributed by atoms with E-state index in [1.807, 2.05) is 19.1 Å². The maximum atomic E-state index is 5.42. The monoisotopic (exact) mass is 974 g/mol. The number of pyridine rings is 4. The summed E-state index contributed by atoms with van der Waals surface area (Å²) >= 11 is 0. The van der Waals surface area contributed by atoms with Gasteiger partial charge in [-0.25, -0.2) is 19.9 Å². The van der Waals surface area contributed by atoms with E-state index >= 15 is 0 Å². The predicted octanol–water partition coefficient (Wildman–Crippen LogP) is 19.1. The van der Waals surface area contributed by atoms with E-state index in [1.54, 1.807) is 0 Å². The molecule has 0 fully saturated rings. The van der Waals surface area contributed by atoms with Gasteiger partial charge in [-0.2, -0.15) is 0 Å². The van der Waals surface area contributed by atoms with Crippen LogP contribution in [0.15, 0.2) is 199 Å². The lowest BCUT2D eigenvalue weighted by Crippen LogP contribution is -1.87. The van der Waals surface area contributed by atoms with Crippen LogP contribution in [0.3, 0.4) is 0 Å². The summed E-state index contributed by atoms with van der Waals surface area (Å²) in [5.41, 5.74) is 21.1. The van der Waals surface area contributed by atoms with Crippen molar-refractivity contribution < 1.29 is 4.42 Å². The summed E-state index contributed by atoms with van der Waals surface area (Å²) in [6, 6.07) is 68.0. The minimum Gasteiger partial charge on any atom is -0.461 e. The molecule has 75 heavy (non-hydrogen) atoms. The van der Waals surface area contributed by atoms with Crippen LogP contribution in [0, 0.1) is 69.2 Å². The topological polar surface area (TPSA) is 64.7 Å². The van der Waals surface area contributed by atoms with Crippen molar-refractivity contribution >= 4 is 98.2 Å². The van der Waals surface area contributed by atoms with Gasteiger partial charge in [0.25, 0.3) is 0 Å². The Morgan fingerprint density at radius 3 is 1.11 bits per heavy atom. The van der Waals surface area contributed by atoms with Gasteiger partial charge >= 0.3 is 0 Å². The van der Waals surface area contributed by atoms with Crippen molar-refractivity contribution in [2.75, 3.05) is 0 Å². The number of furan rings is 1. The molecule has 0 saturated carbocycles. The van der Waals surface area contributed by atoms with E-state index in [9.17, 15) is 0 Å². The molecular weight excluding hydrogens is 913 g/mol. The van der Waals surface area contributed by atoms with Crippen molar-refractivity contribution in [3.05, 3.63) is 250 Å². The molecule has 0 unspecified atom stereocenters. The summed E-state index contributed by atoms with van der Waals surface area (Å²) in [6.07, 6.45) is 0. The maximum absolute atomic E-state index is 5.42. The number of benzene rings is 9. The molecule has 0 aliphatic rings. The summed E-state index contributed by atoms with van der Waals surface area (Å²) in [4.78, 5) is 18.7. The summed E-state index contributed by atoms with van der Waals surface area (Å²) in [6.45, 7) is 21.0. The van der Waals surface area contributed by atoms with E-state index < -0.39 is 0 Å². The SMILES string of the molecule is Cc1ccc2c(C)c3ccccc3nc2c1.Cc1ccc2cc3ccc(C)cc3nc2c1.Cc1ccc2nc3cc(C)ccc3cc2c1.Cc1ccc2nc3ccc(C)cc3cc2c1.Cc1ccc2oc(C)cc2c1. The molecule has 0 saturated heterocycles. The van der Waals surface area contributed by atoms with Gasteiger partial charge in [0.1, 0.15) is 11.3 Å². The Morgan fingerprint density at radius 2 is 0.587 bits per heavy atom. The summed E-state index contributed by atoms with van der Waals surface area (Å²) in [5, 5.41) is 11.0. The Morgan fingerprint density at radius 1 is 0.240 bits per heavy atom. The Labute approximate surface area is 439 Å². The number of hydrogen-bond donors (Lipinski definition) is 0. The highest BCUT2D eigenvalue weighted by molar-refractivity contribution is 5.98. The average molecular weight is 975 g/mol. The second-order valence-corrected chi connectivity index (χ2v) is 20.3. The van der Waals surface area contributed by atoms with Crippen LogP contribution in [0.5, 0.6) is 0 Å². The van der Waals surface area contributed by atoms with Crippen molar-refractivity contribution in [2.24, 2.45) is 0 Å². The van der Waals surface area contributed by atoms with E-state index in [-0.39, 0.29) is 0 Å². The molecule has 368 valence electrons. The fourth-order valence-corrected chi connectivity index (χ4v) is 9.69. The van der Waals surface area contributed by atoms with Gasteiger partial charge in [0.15, 0.2) is 0 Å². The summed E-state index contributed by atoms with van der Waals surface area (Å²) in [7, 11) is 0. The molecule has 5 heterocycles. The largest absolute Gasteiger partial charge is 0.461 e. The number of para-hydroxylation sites is 1. The molecular formula is C70H62N4O. The van der Waals surface area contributed by atoms with Crippen LogP contribution >= 0.6 is 0 Å². The first kappa shape index (κ1) is 49.8. The van der Waals surface area contributed by atoms with E-state index in [4.69, 9.17) is 14.4 Å². The van der Waals surface area contributed by atoms with Crippen molar-refractivity contribution in [3.63, 3.8) is 0 Å². The molecule has 14 rings (SSSR count). The van der Waals surface area contributed by atoms with E-state index in [0.717, 1.165) is 55.5 Å². The quantitative estimate of drug-likeness (QED) is 0.142. The normalized spacial score (nSPS) is 11.1. The standard InChI is InChI=1S/4C15H13N.C10H10O/c1-10-4-6-14-13(7-10)9-12-5-3-11(2)8-15(12)16-14;1-10-3-5-14-12(7-10)9-13-8-11(2)4-6-15(13)16-14;1-10-3-5-12-9-13-6-4-11(2)8-15(13)16-14(12)7-10;1-10-7-8-13-11(2)12-5-3-4-6-14(12)16-15(13)9-10;1-7-3-4-10-9(5-7)6-8(2)11-10/h4*3-9H,1-2H3;3-6H,1-2H3. The average Bonchev–Trinajstić information content (AvgIpc) is 3.76. The molecule has 5 heteroatoms. The van der Waals surface area contributed by atoms with Crippen LogP contribution in [0.4, 0.5) is 0 Å². The van der Waals surface area contributed by atoms with Crippen LogP contribution in [0.25, 0.3) is 98.2 Å². The highest BCUT2D eigenvalue weighted by atomic mass is 16.3. The van der Waals surface area contributed by atoms with Gasteiger partial charge in [0, 0.05) is 48.5 Å². The van der Waals surface area contributed by atoms with Crippen molar-refractivity contribution in [1.82, 2.24) is 19.9 Å². The number of rotatable bonds is 0. The molecule has 0 atom stereocenters. The van der Waals surface area contributed by atoms with Crippen LogP contribution in [-0.2, 0) is 0 Å².